The van der Waals surface area contributed by atoms with Crippen LogP contribution in [0.2, 0.25) is 0 Å². The maximum absolute atomic E-state index is 13.1. The van der Waals surface area contributed by atoms with Crippen LogP contribution < -0.4 is 5.56 Å². The van der Waals surface area contributed by atoms with Gasteiger partial charge in [0.15, 0.2) is 0 Å². The summed E-state index contributed by atoms with van der Waals surface area (Å²) in [6.07, 6.45) is 4.41. The Morgan fingerprint density at radius 2 is 1.73 bits per heavy atom. The van der Waals surface area contributed by atoms with Crippen molar-refractivity contribution in [1.29, 1.82) is 0 Å². The Morgan fingerprint density at radius 1 is 0.900 bits per heavy atom. The van der Waals surface area contributed by atoms with Gasteiger partial charge in [0, 0.05) is 37.8 Å². The monoisotopic (exact) mass is 400 g/mol. The zero-order valence-electron chi connectivity index (χ0n) is 16.8. The zero-order valence-corrected chi connectivity index (χ0v) is 16.8. The number of para-hydroxylation sites is 1. The Hall–Kier alpha value is -3.09. The van der Waals surface area contributed by atoms with Gasteiger partial charge in [0.2, 0.25) is 0 Å². The number of ether oxygens (including phenoxy) is 1. The molecule has 2 aromatic carbocycles. The van der Waals surface area contributed by atoms with Crippen molar-refractivity contribution in [1.82, 2.24) is 19.4 Å². The van der Waals surface area contributed by atoms with Crippen LogP contribution in [0.1, 0.15) is 6.42 Å². The minimum atomic E-state index is 0.0159. The number of aryl methyl sites for hydroxylation is 1. The standard InChI is InChI=1S/C24H24N4O2/c29-24-21-16-18(19-8-9-25-22-5-2-1-4-20(19)22)6-7-23(21)26-17-28(24)11-3-10-27-12-14-30-15-13-27/h1-2,4-9,16-17H,3,10-15H2. The number of nitrogens with zero attached hydrogens (tertiary/aromatic N) is 4. The lowest BCUT2D eigenvalue weighted by Gasteiger charge is -2.26. The summed E-state index contributed by atoms with van der Waals surface area (Å²) in [5.41, 5.74) is 3.77. The molecule has 1 aliphatic heterocycles. The van der Waals surface area contributed by atoms with Crippen molar-refractivity contribution in [2.75, 3.05) is 32.8 Å². The molecule has 0 spiro atoms. The summed E-state index contributed by atoms with van der Waals surface area (Å²) in [5, 5.41) is 1.73. The highest BCUT2D eigenvalue weighted by atomic mass is 16.5. The van der Waals surface area contributed by atoms with Gasteiger partial charge >= 0.3 is 0 Å². The molecule has 0 unspecified atom stereocenters. The van der Waals surface area contributed by atoms with Gasteiger partial charge in [0.25, 0.3) is 5.56 Å². The van der Waals surface area contributed by atoms with Crippen molar-refractivity contribution in [3.05, 3.63) is 71.4 Å². The molecular formula is C24H24N4O2. The van der Waals surface area contributed by atoms with Gasteiger partial charge in [-0.15, -0.1) is 0 Å². The molecule has 6 heteroatoms. The molecule has 2 aromatic heterocycles. The predicted octanol–water partition coefficient (Wildman–Crippen LogP) is 3.33. The third-order valence-electron chi connectivity index (χ3n) is 5.76. The summed E-state index contributed by atoms with van der Waals surface area (Å²) in [4.78, 5) is 24.5. The van der Waals surface area contributed by atoms with E-state index in [1.807, 2.05) is 48.7 Å². The van der Waals surface area contributed by atoms with Gasteiger partial charge in [-0.25, -0.2) is 4.98 Å². The van der Waals surface area contributed by atoms with Gasteiger partial charge in [0.1, 0.15) is 0 Å². The van der Waals surface area contributed by atoms with Crippen LogP contribution in [0.3, 0.4) is 0 Å². The second kappa shape index (κ2) is 8.34. The molecule has 1 fully saturated rings. The lowest BCUT2D eigenvalue weighted by molar-refractivity contribution is 0.0369. The first-order chi connectivity index (χ1) is 14.8. The SMILES string of the molecule is O=c1c2cc(-c3ccnc4ccccc34)ccc2ncn1CCCN1CCOCC1. The fourth-order valence-electron chi connectivity index (χ4n) is 4.12. The summed E-state index contributed by atoms with van der Waals surface area (Å²) < 4.78 is 7.13. The lowest BCUT2D eigenvalue weighted by Crippen LogP contribution is -2.37. The second-order valence-corrected chi connectivity index (χ2v) is 7.66. The van der Waals surface area contributed by atoms with Gasteiger partial charge in [-0.3, -0.25) is 19.2 Å². The summed E-state index contributed by atoms with van der Waals surface area (Å²) in [6.45, 7) is 5.16. The van der Waals surface area contributed by atoms with Crippen molar-refractivity contribution >= 4 is 21.8 Å². The Balaban J connectivity index is 1.45. The Bertz CT molecular complexity index is 1240. The van der Waals surface area contributed by atoms with E-state index in [-0.39, 0.29) is 5.56 Å². The summed E-state index contributed by atoms with van der Waals surface area (Å²) in [6, 6.07) is 16.0. The van der Waals surface area contributed by atoms with E-state index in [2.05, 4.69) is 20.9 Å². The van der Waals surface area contributed by atoms with E-state index < -0.39 is 0 Å². The highest BCUT2D eigenvalue weighted by Crippen LogP contribution is 2.28. The number of hydrogen-bond acceptors (Lipinski definition) is 5. The van der Waals surface area contributed by atoms with E-state index in [1.165, 1.54) is 0 Å². The topological polar surface area (TPSA) is 60.2 Å². The lowest BCUT2D eigenvalue weighted by atomic mass is 10.00. The fraction of sp³-hybridized carbons (Fsp3) is 0.292. The second-order valence-electron chi connectivity index (χ2n) is 7.66. The number of aromatic nitrogens is 3. The van der Waals surface area contributed by atoms with Crippen molar-refractivity contribution in [3.63, 3.8) is 0 Å². The molecule has 152 valence electrons. The number of benzene rings is 2. The molecule has 6 nitrogen and oxygen atoms in total. The van der Waals surface area contributed by atoms with Gasteiger partial charge in [0.05, 0.1) is 36.0 Å². The van der Waals surface area contributed by atoms with Crippen LogP contribution in [0, 0.1) is 0 Å². The molecule has 30 heavy (non-hydrogen) atoms. The highest BCUT2D eigenvalue weighted by Gasteiger charge is 2.11. The maximum Gasteiger partial charge on any atom is 0.261 e. The minimum absolute atomic E-state index is 0.0159. The normalized spacial score (nSPS) is 15.1. The van der Waals surface area contributed by atoms with Gasteiger partial charge < -0.3 is 4.74 Å². The molecule has 0 saturated carbocycles. The molecule has 3 heterocycles. The fourth-order valence-corrected chi connectivity index (χ4v) is 4.12. The van der Waals surface area contributed by atoms with E-state index in [1.54, 1.807) is 10.9 Å². The van der Waals surface area contributed by atoms with Crippen LogP contribution in [0.4, 0.5) is 0 Å². The average molecular weight is 400 g/mol. The van der Waals surface area contributed by atoms with E-state index in [0.29, 0.717) is 11.9 Å². The van der Waals surface area contributed by atoms with E-state index in [0.717, 1.165) is 66.8 Å². The quantitative estimate of drug-likeness (QED) is 0.514. The van der Waals surface area contributed by atoms with E-state index >= 15 is 0 Å². The molecular weight excluding hydrogens is 376 g/mol. The molecule has 5 rings (SSSR count). The number of fused-ring (bicyclic) bond motifs is 2. The van der Waals surface area contributed by atoms with Crippen molar-refractivity contribution in [2.45, 2.75) is 13.0 Å². The molecule has 0 bridgehead atoms. The van der Waals surface area contributed by atoms with Crippen molar-refractivity contribution in [2.24, 2.45) is 0 Å². The van der Waals surface area contributed by atoms with Crippen molar-refractivity contribution < 1.29 is 4.74 Å². The first-order valence-electron chi connectivity index (χ1n) is 10.4. The number of hydrogen-bond donors (Lipinski definition) is 0. The molecule has 0 aliphatic carbocycles. The highest BCUT2D eigenvalue weighted by molar-refractivity contribution is 5.96. The minimum Gasteiger partial charge on any atom is -0.379 e. The van der Waals surface area contributed by atoms with Gasteiger partial charge in [-0.1, -0.05) is 24.3 Å². The van der Waals surface area contributed by atoms with Crippen LogP contribution in [0.25, 0.3) is 32.9 Å². The zero-order chi connectivity index (χ0) is 20.3. The molecule has 0 radical (unpaired) electrons. The maximum atomic E-state index is 13.1. The van der Waals surface area contributed by atoms with E-state index in [9.17, 15) is 4.79 Å². The van der Waals surface area contributed by atoms with Crippen molar-refractivity contribution in [3.8, 4) is 11.1 Å². The van der Waals surface area contributed by atoms with E-state index in [4.69, 9.17) is 4.74 Å². The smallest absolute Gasteiger partial charge is 0.261 e. The van der Waals surface area contributed by atoms with Crippen LogP contribution in [-0.4, -0.2) is 52.3 Å². The largest absolute Gasteiger partial charge is 0.379 e. The number of morpholine rings is 1. The number of rotatable bonds is 5. The molecule has 1 saturated heterocycles. The molecule has 0 atom stereocenters. The Morgan fingerprint density at radius 3 is 2.63 bits per heavy atom. The molecule has 0 amide bonds. The van der Waals surface area contributed by atoms with Crippen LogP contribution in [0.5, 0.6) is 0 Å². The van der Waals surface area contributed by atoms with Crippen LogP contribution >= 0.6 is 0 Å². The Labute approximate surface area is 174 Å². The molecule has 1 aliphatic rings. The molecule has 4 aromatic rings. The predicted molar refractivity (Wildman–Crippen MR) is 119 cm³/mol. The van der Waals surface area contributed by atoms with Gasteiger partial charge in [-0.05, 0) is 41.8 Å². The first-order valence-corrected chi connectivity index (χ1v) is 10.4. The summed E-state index contributed by atoms with van der Waals surface area (Å²) >= 11 is 0. The third kappa shape index (κ3) is 3.72. The Kier molecular flexibility index (Phi) is 5.26. The summed E-state index contributed by atoms with van der Waals surface area (Å²) in [7, 11) is 0. The first kappa shape index (κ1) is 18.9. The summed E-state index contributed by atoms with van der Waals surface area (Å²) in [5.74, 6) is 0. The van der Waals surface area contributed by atoms with Gasteiger partial charge in [-0.2, -0.15) is 0 Å². The third-order valence-corrected chi connectivity index (χ3v) is 5.76. The van der Waals surface area contributed by atoms with Crippen LogP contribution in [-0.2, 0) is 11.3 Å². The van der Waals surface area contributed by atoms with Crippen LogP contribution in [0.15, 0.2) is 65.8 Å². The number of pyridine rings is 1. The average Bonchev–Trinajstić information content (AvgIpc) is 2.81. The molecule has 0 N–H and O–H groups in total.